The van der Waals surface area contributed by atoms with Gasteiger partial charge in [-0.25, -0.2) is 14.0 Å². The molecule has 0 aliphatic carbocycles. The molecule has 3 aromatic rings. The fourth-order valence-electron chi connectivity index (χ4n) is 6.16. The van der Waals surface area contributed by atoms with Crippen LogP contribution in [0, 0.1) is 24.6 Å². The number of likely N-dealkylation sites (tertiary alicyclic amines) is 1. The van der Waals surface area contributed by atoms with Gasteiger partial charge in [0.15, 0.2) is 11.6 Å². The van der Waals surface area contributed by atoms with Gasteiger partial charge in [0.05, 0.1) is 31.9 Å². The Morgan fingerprint density at radius 2 is 1.52 bits per heavy atom. The van der Waals surface area contributed by atoms with E-state index in [0.29, 0.717) is 6.42 Å². The third kappa shape index (κ3) is 7.94. The van der Waals surface area contributed by atoms with Gasteiger partial charge in [-0.05, 0) is 68.6 Å². The van der Waals surface area contributed by atoms with Crippen molar-refractivity contribution in [1.82, 2.24) is 4.90 Å². The average Bonchev–Trinajstić information content (AvgIpc) is 3.43. The molecule has 0 bridgehead atoms. The van der Waals surface area contributed by atoms with Crippen molar-refractivity contribution in [1.29, 1.82) is 0 Å². The molecule has 1 aliphatic rings. The third-order valence-corrected chi connectivity index (χ3v) is 13.3. The number of halogens is 1. The number of hydrogen-bond donors (Lipinski definition) is 0. The van der Waals surface area contributed by atoms with Gasteiger partial charge in [-0.2, -0.15) is 0 Å². The Bertz CT molecular complexity index is 1630. The summed E-state index contributed by atoms with van der Waals surface area (Å²) in [6.45, 7) is 17.4. The minimum absolute atomic E-state index is 0.0938. The van der Waals surface area contributed by atoms with E-state index in [4.69, 9.17) is 18.6 Å². The molecule has 9 heteroatoms. The highest BCUT2D eigenvalue weighted by Crippen LogP contribution is 2.39. The number of amides is 1. The number of esters is 1. The number of aryl methyl sites for hydroxylation is 1. The van der Waals surface area contributed by atoms with Crippen LogP contribution in [0.15, 0.2) is 66.7 Å². The molecular weight excluding hydrogens is 626 g/mol. The number of nitrogens with zero attached hydrogens (tertiary/aromatic N) is 1. The van der Waals surface area contributed by atoms with Crippen molar-refractivity contribution in [3.63, 3.8) is 0 Å². The topological polar surface area (TPSA) is 74.3 Å². The van der Waals surface area contributed by atoms with Crippen molar-refractivity contribution in [2.24, 2.45) is 0 Å². The molecule has 256 valence electrons. The quantitative estimate of drug-likeness (QED) is 0.153. The van der Waals surface area contributed by atoms with Crippen molar-refractivity contribution in [2.45, 2.75) is 97.6 Å². The number of hydrogen-bond acceptors (Lipinski definition) is 6. The summed E-state index contributed by atoms with van der Waals surface area (Å²) >= 11 is 0. The lowest BCUT2D eigenvalue weighted by Crippen LogP contribution is -2.67. The van der Waals surface area contributed by atoms with Crippen LogP contribution >= 0.6 is 0 Å². The van der Waals surface area contributed by atoms with Gasteiger partial charge in [0.1, 0.15) is 11.2 Å². The SMILES string of the molecule is COC(=O)c1c(C#C[C@H]2C[C@H](O[Si](c3ccccc3)(c3ccccc3)C(C)(C)C)CN2C(=O)OC(C)(C)C)cc(C)c(F)c1OC(C)C. The molecule has 0 N–H and O–H groups in total. The van der Waals surface area contributed by atoms with E-state index in [2.05, 4.69) is 56.9 Å². The zero-order valence-electron chi connectivity index (χ0n) is 29.8. The highest BCUT2D eigenvalue weighted by Gasteiger charge is 2.53. The first-order valence-corrected chi connectivity index (χ1v) is 18.3. The predicted octanol–water partition coefficient (Wildman–Crippen LogP) is 7.01. The van der Waals surface area contributed by atoms with E-state index in [1.807, 2.05) is 57.2 Å². The molecule has 1 aliphatic heterocycles. The molecular formula is C39H48FNO6Si. The maximum atomic E-state index is 15.3. The van der Waals surface area contributed by atoms with Gasteiger partial charge in [-0.1, -0.05) is 93.3 Å². The monoisotopic (exact) mass is 673 g/mol. The molecule has 1 heterocycles. The molecule has 0 aromatic heterocycles. The largest absolute Gasteiger partial charge is 0.487 e. The normalized spacial score (nSPS) is 16.7. The van der Waals surface area contributed by atoms with Crippen molar-refractivity contribution >= 4 is 30.8 Å². The summed E-state index contributed by atoms with van der Waals surface area (Å²) in [5, 5.41) is 1.98. The van der Waals surface area contributed by atoms with Crippen LogP contribution in [-0.4, -0.2) is 62.8 Å². The zero-order chi connectivity index (χ0) is 35.4. The lowest BCUT2D eigenvalue weighted by Gasteiger charge is -2.44. The highest BCUT2D eigenvalue weighted by molar-refractivity contribution is 6.99. The van der Waals surface area contributed by atoms with E-state index in [1.54, 1.807) is 25.7 Å². The van der Waals surface area contributed by atoms with Crippen LogP contribution < -0.4 is 15.1 Å². The molecule has 1 saturated heterocycles. The van der Waals surface area contributed by atoms with Gasteiger partial charge in [-0.15, -0.1) is 0 Å². The lowest BCUT2D eigenvalue weighted by atomic mass is 10.0. The number of rotatable bonds is 7. The third-order valence-electron chi connectivity index (χ3n) is 8.17. The van der Waals surface area contributed by atoms with Crippen molar-refractivity contribution in [2.75, 3.05) is 13.7 Å². The summed E-state index contributed by atoms with van der Waals surface area (Å²) < 4.78 is 39.3. The van der Waals surface area contributed by atoms with Crippen molar-refractivity contribution in [3.8, 4) is 17.6 Å². The van der Waals surface area contributed by atoms with E-state index in [-0.39, 0.29) is 40.1 Å². The van der Waals surface area contributed by atoms with E-state index in [9.17, 15) is 9.59 Å². The van der Waals surface area contributed by atoms with Crippen LogP contribution in [0.5, 0.6) is 5.75 Å². The summed E-state index contributed by atoms with van der Waals surface area (Å²) in [7, 11) is -1.73. The van der Waals surface area contributed by atoms with Crippen LogP contribution in [0.3, 0.4) is 0 Å². The summed E-state index contributed by atoms with van der Waals surface area (Å²) in [6.07, 6.45) is -0.886. The minimum Gasteiger partial charge on any atom is -0.487 e. The molecule has 3 aromatic carbocycles. The van der Waals surface area contributed by atoms with Gasteiger partial charge >= 0.3 is 12.1 Å². The average molecular weight is 674 g/mol. The van der Waals surface area contributed by atoms with Crippen LogP contribution in [0.2, 0.25) is 5.04 Å². The first kappa shape index (κ1) is 36.7. The second kappa shape index (κ2) is 14.5. The Morgan fingerprint density at radius 1 is 0.958 bits per heavy atom. The maximum Gasteiger partial charge on any atom is 0.411 e. The number of benzene rings is 3. The van der Waals surface area contributed by atoms with Gasteiger partial charge < -0.3 is 18.6 Å². The Hall–Kier alpha value is -4.13. The van der Waals surface area contributed by atoms with Crippen molar-refractivity contribution in [3.05, 3.63) is 89.2 Å². The number of carbonyl (C=O) groups excluding carboxylic acids is 2. The summed E-state index contributed by atoms with van der Waals surface area (Å²) in [5.74, 6) is 4.69. The first-order chi connectivity index (χ1) is 22.5. The smallest absolute Gasteiger partial charge is 0.411 e. The lowest BCUT2D eigenvalue weighted by molar-refractivity contribution is 0.0242. The van der Waals surface area contributed by atoms with Crippen LogP contribution in [-0.2, 0) is 13.9 Å². The fraction of sp³-hybridized carbons (Fsp3) is 0.436. The Kier molecular flexibility index (Phi) is 11.1. The molecule has 0 radical (unpaired) electrons. The first-order valence-electron chi connectivity index (χ1n) is 16.4. The molecule has 48 heavy (non-hydrogen) atoms. The standard InChI is InChI=1S/C39H48FNO6Si/c1-26(2)45-35-33(36(42)44-10)28(23-27(3)34(35)40)21-22-29-24-30(25-41(29)37(43)46-38(4,5)6)47-48(39(7,8)9,31-17-13-11-14-18-31)32-19-15-12-16-20-32/h11-20,23,26,29-30H,24-25H2,1-10H3/t29-,30-/m0/s1. The van der Waals surface area contributed by atoms with Crippen LogP contribution in [0.1, 0.15) is 83.3 Å². The van der Waals surface area contributed by atoms with Crippen molar-refractivity contribution < 1.29 is 32.6 Å². The Labute approximate surface area is 285 Å². The van der Waals surface area contributed by atoms with Crippen LogP contribution in [0.4, 0.5) is 9.18 Å². The molecule has 1 fully saturated rings. The van der Waals surface area contributed by atoms with E-state index in [0.717, 1.165) is 10.4 Å². The highest BCUT2D eigenvalue weighted by atomic mass is 28.4. The molecule has 0 spiro atoms. The minimum atomic E-state index is -2.95. The zero-order valence-corrected chi connectivity index (χ0v) is 30.8. The number of ether oxygens (including phenoxy) is 3. The number of methoxy groups -OCH3 is 1. The summed E-state index contributed by atoms with van der Waals surface area (Å²) in [5.41, 5.74) is -0.312. The van der Waals surface area contributed by atoms with Gasteiger partial charge in [0, 0.05) is 12.0 Å². The van der Waals surface area contributed by atoms with Gasteiger partial charge in [-0.3, -0.25) is 4.90 Å². The van der Waals surface area contributed by atoms with Gasteiger partial charge in [0.25, 0.3) is 8.32 Å². The van der Waals surface area contributed by atoms with Gasteiger partial charge in [0.2, 0.25) is 0 Å². The summed E-state index contributed by atoms with van der Waals surface area (Å²) in [4.78, 5) is 28.2. The molecule has 7 nitrogen and oxygen atoms in total. The molecule has 1 amide bonds. The second-order valence-corrected chi connectivity index (χ2v) is 18.7. The molecule has 2 atom stereocenters. The Balaban J connectivity index is 1.83. The fourth-order valence-corrected chi connectivity index (χ4v) is 10.8. The summed E-state index contributed by atoms with van der Waals surface area (Å²) in [6, 6.07) is 21.5. The molecule has 4 rings (SSSR count). The second-order valence-electron chi connectivity index (χ2n) is 14.5. The predicted molar refractivity (Wildman–Crippen MR) is 189 cm³/mol. The maximum absolute atomic E-state index is 15.3. The van der Waals surface area contributed by atoms with E-state index >= 15 is 4.39 Å². The number of carbonyl (C=O) groups is 2. The van der Waals surface area contributed by atoms with E-state index < -0.39 is 43.9 Å². The van der Waals surface area contributed by atoms with E-state index in [1.165, 1.54) is 13.2 Å². The molecule has 0 unspecified atom stereocenters. The molecule has 0 saturated carbocycles. The Morgan fingerprint density at radius 3 is 2.00 bits per heavy atom. The van der Waals surface area contributed by atoms with Crippen LogP contribution in [0.25, 0.3) is 0 Å².